The normalized spacial score (nSPS) is 30.2. The Morgan fingerprint density at radius 3 is 2.59 bits per heavy atom. The average Bonchev–Trinajstić information content (AvgIpc) is 2.77. The van der Waals surface area contributed by atoms with E-state index in [0.29, 0.717) is 12.1 Å². The van der Waals surface area contributed by atoms with Crippen molar-refractivity contribution in [3.05, 3.63) is 0 Å². The highest BCUT2D eigenvalue weighted by molar-refractivity contribution is 5.72. The van der Waals surface area contributed by atoms with E-state index in [1.807, 2.05) is 0 Å². The summed E-state index contributed by atoms with van der Waals surface area (Å²) >= 11 is 0. The van der Waals surface area contributed by atoms with Crippen LogP contribution in [0.3, 0.4) is 0 Å². The first kappa shape index (κ1) is 12.2. The third-order valence-corrected chi connectivity index (χ3v) is 3.94. The van der Waals surface area contributed by atoms with Gasteiger partial charge < -0.3 is 16.0 Å². The van der Waals surface area contributed by atoms with Crippen molar-refractivity contribution >= 4 is 6.03 Å². The number of rotatable bonds is 2. The summed E-state index contributed by atoms with van der Waals surface area (Å²) in [6.45, 7) is 1.47. The zero-order chi connectivity index (χ0) is 12.3. The van der Waals surface area contributed by atoms with Crippen LogP contribution >= 0.6 is 0 Å². The molecule has 0 aromatic heterocycles. The summed E-state index contributed by atoms with van der Waals surface area (Å²) in [6, 6.07) is 2.85. The topological polar surface area (TPSA) is 82.2 Å². The van der Waals surface area contributed by atoms with Crippen LogP contribution in [0.15, 0.2) is 0 Å². The van der Waals surface area contributed by atoms with E-state index in [1.54, 1.807) is 4.90 Å². The molecular weight excluding hydrogens is 216 g/mol. The van der Waals surface area contributed by atoms with Crippen molar-refractivity contribution < 1.29 is 4.79 Å². The van der Waals surface area contributed by atoms with Gasteiger partial charge in [0.1, 0.15) is 0 Å². The third-order valence-electron chi connectivity index (χ3n) is 3.94. The van der Waals surface area contributed by atoms with E-state index in [-0.39, 0.29) is 11.9 Å². The number of carbonyl (C=O) groups excluding carboxylic acids is 1. The summed E-state index contributed by atoms with van der Waals surface area (Å²) in [6.07, 6.45) is 5.16. The minimum Gasteiger partial charge on any atom is -0.351 e. The molecule has 0 aromatic rings. The maximum atomic E-state index is 11.0. The minimum atomic E-state index is -0.320. The smallest absolute Gasteiger partial charge is 0.314 e. The molecule has 0 bridgehead atoms. The molecule has 17 heavy (non-hydrogen) atoms. The second-order valence-electron chi connectivity index (χ2n) is 5.04. The molecule has 0 aromatic carbocycles. The number of likely N-dealkylation sites (tertiary alicyclic amines) is 1. The number of carbonyl (C=O) groups is 1. The Kier molecular flexibility index (Phi) is 3.85. The summed E-state index contributed by atoms with van der Waals surface area (Å²) < 4.78 is 0. The summed E-state index contributed by atoms with van der Waals surface area (Å²) in [5.74, 6) is 0.171. The monoisotopic (exact) mass is 236 g/mol. The van der Waals surface area contributed by atoms with Gasteiger partial charge in [-0.05, 0) is 25.7 Å². The molecule has 5 nitrogen and oxygen atoms in total. The fourth-order valence-electron chi connectivity index (χ4n) is 2.88. The summed E-state index contributed by atoms with van der Waals surface area (Å²) in [5.41, 5.74) is 5.24. The van der Waals surface area contributed by atoms with Crippen molar-refractivity contribution in [1.29, 1.82) is 5.26 Å². The molecule has 3 N–H and O–H groups in total. The molecule has 2 atom stereocenters. The van der Waals surface area contributed by atoms with Gasteiger partial charge in [0, 0.05) is 25.2 Å². The molecule has 2 amide bonds. The van der Waals surface area contributed by atoms with E-state index < -0.39 is 0 Å². The molecule has 94 valence electrons. The van der Waals surface area contributed by atoms with Crippen LogP contribution in [0.4, 0.5) is 4.79 Å². The van der Waals surface area contributed by atoms with Gasteiger partial charge >= 0.3 is 6.03 Å². The fourth-order valence-corrected chi connectivity index (χ4v) is 2.88. The van der Waals surface area contributed by atoms with Gasteiger partial charge in [-0.2, -0.15) is 5.26 Å². The lowest BCUT2D eigenvalue weighted by Crippen LogP contribution is -2.49. The summed E-state index contributed by atoms with van der Waals surface area (Å²) in [4.78, 5) is 12.7. The Bertz CT molecular complexity index is 317. The molecule has 1 saturated heterocycles. The third kappa shape index (κ3) is 2.89. The Morgan fingerprint density at radius 2 is 2.00 bits per heavy atom. The van der Waals surface area contributed by atoms with Crippen LogP contribution in [0, 0.1) is 17.2 Å². The highest BCUT2D eigenvalue weighted by Crippen LogP contribution is 2.26. The molecule has 1 aliphatic heterocycles. The largest absolute Gasteiger partial charge is 0.351 e. The van der Waals surface area contributed by atoms with Gasteiger partial charge in [-0.25, -0.2) is 4.79 Å². The number of urea groups is 1. The number of hydrogen-bond donors (Lipinski definition) is 2. The van der Waals surface area contributed by atoms with Crippen molar-refractivity contribution in [3.8, 4) is 6.07 Å². The number of nitrogens with one attached hydrogen (secondary N) is 1. The molecule has 2 rings (SSSR count). The molecule has 1 heterocycles. The number of nitrogens with two attached hydrogens (primary N) is 1. The van der Waals surface area contributed by atoms with Crippen LogP contribution in [-0.4, -0.2) is 36.1 Å². The molecular formula is C12H20N4O. The van der Waals surface area contributed by atoms with E-state index in [4.69, 9.17) is 11.0 Å². The Labute approximate surface area is 102 Å². The predicted molar refractivity (Wildman–Crippen MR) is 64.1 cm³/mol. The Balaban J connectivity index is 1.78. The Hall–Kier alpha value is -1.28. The van der Waals surface area contributed by atoms with E-state index in [0.717, 1.165) is 45.2 Å². The van der Waals surface area contributed by atoms with E-state index >= 15 is 0 Å². The van der Waals surface area contributed by atoms with E-state index in [1.165, 1.54) is 0 Å². The van der Waals surface area contributed by atoms with Gasteiger partial charge in [0.2, 0.25) is 0 Å². The summed E-state index contributed by atoms with van der Waals surface area (Å²) in [5, 5.41) is 12.6. The second-order valence-corrected chi connectivity index (χ2v) is 5.04. The highest BCUT2D eigenvalue weighted by atomic mass is 16.2. The van der Waals surface area contributed by atoms with Crippen LogP contribution in [0.5, 0.6) is 0 Å². The number of amides is 2. The highest BCUT2D eigenvalue weighted by Gasteiger charge is 2.30. The SMILES string of the molecule is N#CC1CCCC1NC1CCN(C(N)=O)CC1. The van der Waals surface area contributed by atoms with Crippen molar-refractivity contribution in [2.75, 3.05) is 13.1 Å². The van der Waals surface area contributed by atoms with Crippen molar-refractivity contribution in [2.45, 2.75) is 44.2 Å². The summed E-state index contributed by atoms with van der Waals surface area (Å²) in [7, 11) is 0. The van der Waals surface area contributed by atoms with Crippen LogP contribution in [0.2, 0.25) is 0 Å². The fraction of sp³-hybridized carbons (Fsp3) is 0.833. The van der Waals surface area contributed by atoms with Gasteiger partial charge in [-0.15, -0.1) is 0 Å². The quantitative estimate of drug-likeness (QED) is 0.744. The average molecular weight is 236 g/mol. The van der Waals surface area contributed by atoms with Crippen molar-refractivity contribution in [3.63, 3.8) is 0 Å². The van der Waals surface area contributed by atoms with Crippen molar-refractivity contribution in [1.82, 2.24) is 10.2 Å². The number of nitrogens with zero attached hydrogens (tertiary/aromatic N) is 2. The minimum absolute atomic E-state index is 0.171. The van der Waals surface area contributed by atoms with Crippen LogP contribution in [0.25, 0.3) is 0 Å². The molecule has 2 aliphatic rings. The molecule has 0 spiro atoms. The first-order chi connectivity index (χ1) is 8.20. The lowest BCUT2D eigenvalue weighted by Gasteiger charge is -2.33. The number of hydrogen-bond acceptors (Lipinski definition) is 3. The van der Waals surface area contributed by atoms with Crippen LogP contribution in [-0.2, 0) is 0 Å². The lowest BCUT2D eigenvalue weighted by molar-refractivity contribution is 0.181. The molecule has 2 fully saturated rings. The maximum absolute atomic E-state index is 11.0. The van der Waals surface area contributed by atoms with Crippen LogP contribution in [0.1, 0.15) is 32.1 Å². The zero-order valence-corrected chi connectivity index (χ0v) is 10.1. The molecule has 0 radical (unpaired) electrons. The number of nitriles is 1. The van der Waals surface area contributed by atoms with Gasteiger partial charge in [0.05, 0.1) is 12.0 Å². The molecule has 1 aliphatic carbocycles. The first-order valence-electron chi connectivity index (χ1n) is 6.40. The van der Waals surface area contributed by atoms with E-state index in [2.05, 4.69) is 11.4 Å². The number of piperidine rings is 1. The molecule has 2 unspecified atom stereocenters. The maximum Gasteiger partial charge on any atom is 0.314 e. The Morgan fingerprint density at radius 1 is 1.29 bits per heavy atom. The van der Waals surface area contributed by atoms with Gasteiger partial charge in [-0.3, -0.25) is 0 Å². The second kappa shape index (κ2) is 5.37. The standard InChI is InChI=1S/C12H20N4O/c13-8-9-2-1-3-11(9)15-10-4-6-16(7-5-10)12(14)17/h9-11,15H,1-7H2,(H2,14,17). The molecule has 5 heteroatoms. The number of primary amides is 1. The van der Waals surface area contributed by atoms with Gasteiger partial charge in [0.25, 0.3) is 0 Å². The predicted octanol–water partition coefficient (Wildman–Crippen LogP) is 0.811. The molecule has 1 saturated carbocycles. The zero-order valence-electron chi connectivity index (χ0n) is 10.1. The van der Waals surface area contributed by atoms with Gasteiger partial charge in [0.15, 0.2) is 0 Å². The van der Waals surface area contributed by atoms with Gasteiger partial charge in [-0.1, -0.05) is 6.42 Å². The lowest BCUT2D eigenvalue weighted by atomic mass is 10.00. The van der Waals surface area contributed by atoms with E-state index in [9.17, 15) is 4.79 Å². The first-order valence-corrected chi connectivity index (χ1v) is 6.40. The van der Waals surface area contributed by atoms with Crippen molar-refractivity contribution in [2.24, 2.45) is 11.7 Å². The van der Waals surface area contributed by atoms with Crippen LogP contribution < -0.4 is 11.1 Å².